The Morgan fingerprint density at radius 2 is 2.00 bits per heavy atom. The van der Waals surface area contributed by atoms with E-state index in [1.807, 2.05) is 6.07 Å². The van der Waals surface area contributed by atoms with Gasteiger partial charge in [0.2, 0.25) is 0 Å². The zero-order chi connectivity index (χ0) is 17.6. The molecule has 0 saturated carbocycles. The molecule has 2 aromatic carbocycles. The highest BCUT2D eigenvalue weighted by Crippen LogP contribution is 2.39. The number of nitro groups is 1. The summed E-state index contributed by atoms with van der Waals surface area (Å²) in [5, 5.41) is 20.3. The molecule has 0 radical (unpaired) electrons. The fourth-order valence-electron chi connectivity index (χ4n) is 3.04. The second kappa shape index (κ2) is 6.06. The second-order valence-electron chi connectivity index (χ2n) is 5.63. The van der Waals surface area contributed by atoms with Crippen molar-refractivity contribution in [3.8, 4) is 16.9 Å². The molecule has 0 atom stereocenters. The minimum absolute atomic E-state index is 0.00440. The number of nitrogens with one attached hydrogen (secondary N) is 1. The molecule has 2 heterocycles. The summed E-state index contributed by atoms with van der Waals surface area (Å²) in [7, 11) is 0. The zero-order valence-electron chi connectivity index (χ0n) is 12.9. The molecule has 126 valence electrons. The van der Waals surface area contributed by atoms with Crippen molar-refractivity contribution in [2.75, 3.05) is 11.9 Å². The number of benzene rings is 2. The normalized spacial score (nSPS) is 12.7. The van der Waals surface area contributed by atoms with E-state index >= 15 is 0 Å². The maximum atomic E-state index is 11.4. The van der Waals surface area contributed by atoms with Crippen LogP contribution in [0.3, 0.4) is 0 Å². The van der Waals surface area contributed by atoms with Crippen molar-refractivity contribution < 1.29 is 4.92 Å². The molecule has 0 spiro atoms. The predicted molar refractivity (Wildman–Crippen MR) is 97.9 cm³/mol. The maximum Gasteiger partial charge on any atom is 0.294 e. The summed E-state index contributed by atoms with van der Waals surface area (Å²) in [4.78, 5) is 11.0. The second-order valence-corrected chi connectivity index (χ2v) is 6.48. The molecule has 4 rings (SSSR count). The standard InChI is InChI=1S/C17H12Cl2N4O2/c18-10-5-6-11(13(19)9-10)16-12-7-8-20-17(12)22(21-16)14-3-1-2-4-15(14)23(24)25/h1-6,9,20H,7-8H2. The van der Waals surface area contributed by atoms with Gasteiger partial charge in [0.1, 0.15) is 11.5 Å². The summed E-state index contributed by atoms with van der Waals surface area (Å²) in [6.07, 6.45) is 0.768. The fourth-order valence-corrected chi connectivity index (χ4v) is 3.54. The Balaban J connectivity index is 1.94. The Labute approximate surface area is 153 Å². The van der Waals surface area contributed by atoms with Gasteiger partial charge in [0.25, 0.3) is 5.69 Å². The van der Waals surface area contributed by atoms with Crippen LogP contribution in [-0.2, 0) is 6.42 Å². The Hall–Kier alpha value is -2.57. The number of fused-ring (bicyclic) bond motifs is 1. The topological polar surface area (TPSA) is 73.0 Å². The summed E-state index contributed by atoms with van der Waals surface area (Å²) in [5.74, 6) is 0.760. The smallest absolute Gasteiger partial charge is 0.294 e. The van der Waals surface area contributed by atoms with E-state index in [0.717, 1.165) is 29.9 Å². The van der Waals surface area contributed by atoms with Gasteiger partial charge < -0.3 is 5.32 Å². The maximum absolute atomic E-state index is 11.4. The molecule has 1 N–H and O–H groups in total. The molecule has 1 aliphatic heterocycles. The first-order chi connectivity index (χ1) is 12.1. The molecule has 0 unspecified atom stereocenters. The average molecular weight is 375 g/mol. The quantitative estimate of drug-likeness (QED) is 0.531. The largest absolute Gasteiger partial charge is 0.369 e. The van der Waals surface area contributed by atoms with Crippen LogP contribution in [0.15, 0.2) is 42.5 Å². The number of hydrogen-bond acceptors (Lipinski definition) is 4. The van der Waals surface area contributed by atoms with Crippen LogP contribution in [0.5, 0.6) is 0 Å². The molecule has 0 fully saturated rings. The molecule has 25 heavy (non-hydrogen) atoms. The van der Waals surface area contributed by atoms with E-state index in [4.69, 9.17) is 23.2 Å². The van der Waals surface area contributed by atoms with E-state index in [0.29, 0.717) is 21.4 Å². The lowest BCUT2D eigenvalue weighted by Crippen LogP contribution is -2.06. The molecule has 0 bridgehead atoms. The van der Waals surface area contributed by atoms with E-state index in [2.05, 4.69) is 10.4 Å². The van der Waals surface area contributed by atoms with Gasteiger partial charge in [0.15, 0.2) is 0 Å². The fraction of sp³-hybridized carbons (Fsp3) is 0.118. The summed E-state index contributed by atoms with van der Waals surface area (Å²) in [6, 6.07) is 11.8. The number of aromatic nitrogens is 2. The van der Waals surface area contributed by atoms with Crippen LogP contribution >= 0.6 is 23.2 Å². The average Bonchev–Trinajstić information content (AvgIpc) is 3.18. The van der Waals surface area contributed by atoms with Crippen molar-refractivity contribution >= 4 is 34.7 Å². The third-order valence-electron chi connectivity index (χ3n) is 4.14. The minimum Gasteiger partial charge on any atom is -0.369 e. The van der Waals surface area contributed by atoms with Gasteiger partial charge in [-0.2, -0.15) is 5.10 Å². The van der Waals surface area contributed by atoms with Crippen LogP contribution in [-0.4, -0.2) is 21.2 Å². The van der Waals surface area contributed by atoms with Crippen LogP contribution in [0.4, 0.5) is 11.5 Å². The third-order valence-corrected chi connectivity index (χ3v) is 4.69. The highest BCUT2D eigenvalue weighted by atomic mass is 35.5. The Morgan fingerprint density at radius 1 is 1.20 bits per heavy atom. The Morgan fingerprint density at radius 3 is 2.76 bits per heavy atom. The first-order valence-corrected chi connectivity index (χ1v) is 8.37. The first-order valence-electron chi connectivity index (χ1n) is 7.61. The van der Waals surface area contributed by atoms with Crippen molar-refractivity contribution in [3.63, 3.8) is 0 Å². The molecule has 1 aromatic heterocycles. The molecule has 8 heteroatoms. The number of halogens is 2. The molecule has 0 saturated heterocycles. The summed E-state index contributed by atoms with van der Waals surface area (Å²) in [5.41, 5.74) is 2.86. The highest BCUT2D eigenvalue weighted by Gasteiger charge is 2.27. The number of para-hydroxylation sites is 2. The monoisotopic (exact) mass is 374 g/mol. The summed E-state index contributed by atoms with van der Waals surface area (Å²) in [6.45, 7) is 0.742. The van der Waals surface area contributed by atoms with E-state index in [9.17, 15) is 10.1 Å². The van der Waals surface area contributed by atoms with Gasteiger partial charge >= 0.3 is 0 Å². The SMILES string of the molecule is O=[N+]([O-])c1ccccc1-n1nc(-c2ccc(Cl)cc2Cl)c2c1NCC2. The van der Waals surface area contributed by atoms with Gasteiger partial charge in [-0.3, -0.25) is 10.1 Å². The zero-order valence-corrected chi connectivity index (χ0v) is 14.4. The number of anilines is 1. The highest BCUT2D eigenvalue weighted by molar-refractivity contribution is 6.36. The van der Waals surface area contributed by atoms with E-state index in [1.54, 1.807) is 35.0 Å². The molecular weight excluding hydrogens is 363 g/mol. The van der Waals surface area contributed by atoms with Crippen LogP contribution in [0.1, 0.15) is 5.56 Å². The van der Waals surface area contributed by atoms with Gasteiger partial charge in [0.05, 0.1) is 15.6 Å². The molecule has 0 amide bonds. The lowest BCUT2D eigenvalue weighted by atomic mass is 10.1. The van der Waals surface area contributed by atoms with E-state index < -0.39 is 4.92 Å². The third kappa shape index (κ3) is 2.63. The van der Waals surface area contributed by atoms with Crippen LogP contribution in [0.25, 0.3) is 16.9 Å². The molecular formula is C17H12Cl2N4O2. The first kappa shape index (κ1) is 15.9. The van der Waals surface area contributed by atoms with Crippen LogP contribution in [0.2, 0.25) is 10.0 Å². The van der Waals surface area contributed by atoms with E-state index in [1.165, 1.54) is 6.07 Å². The summed E-state index contributed by atoms with van der Waals surface area (Å²) >= 11 is 12.3. The molecule has 3 aromatic rings. The van der Waals surface area contributed by atoms with Gasteiger partial charge in [-0.25, -0.2) is 4.68 Å². The lowest BCUT2D eigenvalue weighted by molar-refractivity contribution is -0.384. The Bertz CT molecular complexity index is 1000. The van der Waals surface area contributed by atoms with Gasteiger partial charge in [0, 0.05) is 28.8 Å². The van der Waals surface area contributed by atoms with Gasteiger partial charge in [-0.1, -0.05) is 35.3 Å². The van der Waals surface area contributed by atoms with Gasteiger partial charge in [-0.15, -0.1) is 0 Å². The Kier molecular flexibility index (Phi) is 3.86. The lowest BCUT2D eigenvalue weighted by Gasteiger charge is -2.07. The van der Waals surface area contributed by atoms with Crippen molar-refractivity contribution in [1.82, 2.24) is 9.78 Å². The summed E-state index contributed by atoms with van der Waals surface area (Å²) < 4.78 is 1.58. The van der Waals surface area contributed by atoms with Gasteiger partial charge in [-0.05, 0) is 30.7 Å². The van der Waals surface area contributed by atoms with E-state index in [-0.39, 0.29) is 5.69 Å². The van der Waals surface area contributed by atoms with Crippen molar-refractivity contribution in [3.05, 3.63) is 68.2 Å². The molecule has 6 nitrogen and oxygen atoms in total. The number of nitro benzene ring substituents is 1. The minimum atomic E-state index is -0.409. The van der Waals surface area contributed by atoms with Crippen molar-refractivity contribution in [1.29, 1.82) is 0 Å². The molecule has 0 aliphatic carbocycles. The predicted octanol–water partition coefficient (Wildman–Crippen LogP) is 4.72. The van der Waals surface area contributed by atoms with Crippen LogP contribution < -0.4 is 5.32 Å². The number of hydrogen-bond donors (Lipinski definition) is 1. The molecule has 1 aliphatic rings. The van der Waals surface area contributed by atoms with Crippen molar-refractivity contribution in [2.24, 2.45) is 0 Å². The number of nitrogens with zero attached hydrogens (tertiary/aromatic N) is 3. The van der Waals surface area contributed by atoms with Crippen molar-refractivity contribution in [2.45, 2.75) is 6.42 Å². The number of rotatable bonds is 3. The van der Waals surface area contributed by atoms with Crippen LogP contribution in [0, 0.1) is 10.1 Å².